The molecular weight excluding hydrogens is 509 g/mol. The van der Waals surface area contributed by atoms with E-state index in [1.54, 1.807) is 67.0 Å². The molecule has 2 saturated heterocycles. The maximum atomic E-state index is 14.7. The van der Waals surface area contributed by atoms with Crippen LogP contribution >= 0.6 is 0 Å². The van der Waals surface area contributed by atoms with Gasteiger partial charge in [0, 0.05) is 49.3 Å². The molecule has 0 unspecified atom stereocenters. The van der Waals surface area contributed by atoms with Crippen LogP contribution in [0.3, 0.4) is 0 Å². The second-order valence-electron chi connectivity index (χ2n) is 10.2. The molecule has 0 atom stereocenters. The van der Waals surface area contributed by atoms with E-state index in [0.717, 1.165) is 17.8 Å². The van der Waals surface area contributed by atoms with Gasteiger partial charge in [-0.05, 0) is 48.7 Å². The Kier molecular flexibility index (Phi) is 6.81. The van der Waals surface area contributed by atoms with Crippen LogP contribution in [0.25, 0.3) is 5.69 Å². The van der Waals surface area contributed by atoms with Crippen molar-refractivity contribution in [1.29, 1.82) is 0 Å². The summed E-state index contributed by atoms with van der Waals surface area (Å²) in [5.74, 6) is -0.116. The average Bonchev–Trinajstić information content (AvgIpc) is 3.59. The number of benzene rings is 3. The predicted octanol–water partition coefficient (Wildman–Crippen LogP) is 5.02. The van der Waals surface area contributed by atoms with Crippen molar-refractivity contribution in [2.24, 2.45) is 0 Å². The molecule has 0 N–H and O–H groups in total. The van der Waals surface area contributed by atoms with Gasteiger partial charge in [0.15, 0.2) is 0 Å². The molecule has 0 radical (unpaired) electrons. The monoisotopic (exact) mass is 539 g/mol. The van der Waals surface area contributed by atoms with Gasteiger partial charge in [-0.1, -0.05) is 36.4 Å². The van der Waals surface area contributed by atoms with E-state index in [1.165, 1.54) is 11.0 Å². The number of carbonyl (C=O) groups is 2. The molecule has 2 aliphatic heterocycles. The van der Waals surface area contributed by atoms with Gasteiger partial charge in [0.25, 0.3) is 5.91 Å². The molecule has 2 fully saturated rings. The molecule has 40 heavy (non-hydrogen) atoms. The number of hydrogen-bond acceptors (Lipinski definition) is 5. The number of urea groups is 1. The van der Waals surface area contributed by atoms with Crippen molar-refractivity contribution >= 4 is 17.6 Å². The molecule has 0 aliphatic carbocycles. The predicted molar refractivity (Wildman–Crippen MR) is 149 cm³/mol. The maximum Gasteiger partial charge on any atom is 0.332 e. The number of ether oxygens (including phenoxy) is 1. The maximum absolute atomic E-state index is 14.7. The summed E-state index contributed by atoms with van der Waals surface area (Å²) in [6.45, 7) is 2.01. The van der Waals surface area contributed by atoms with Gasteiger partial charge in [0.2, 0.25) is 0 Å². The first kappa shape index (κ1) is 25.8. The number of halogens is 1. The molecule has 2 aliphatic rings. The third-order valence-electron chi connectivity index (χ3n) is 7.97. The Balaban J connectivity index is 1.24. The number of imide groups is 1. The van der Waals surface area contributed by atoms with E-state index in [9.17, 15) is 14.0 Å². The SMILES string of the molecule is COc1cccc(N2C(=O)N(Cc3ccccc3F)C3(CCN(Cc4ccc(-n5ccnc5)cc4)CC3)C2=O)c1. The highest BCUT2D eigenvalue weighted by molar-refractivity contribution is 6.23. The van der Waals surface area contributed by atoms with Crippen LogP contribution < -0.4 is 9.64 Å². The third kappa shape index (κ3) is 4.62. The zero-order chi connectivity index (χ0) is 27.7. The van der Waals surface area contributed by atoms with Crippen molar-refractivity contribution < 1.29 is 18.7 Å². The van der Waals surface area contributed by atoms with Crippen LogP contribution in [0.15, 0.2) is 91.5 Å². The molecule has 0 bridgehead atoms. The summed E-state index contributed by atoms with van der Waals surface area (Å²) >= 11 is 0. The fourth-order valence-electron chi connectivity index (χ4n) is 5.72. The summed E-state index contributed by atoms with van der Waals surface area (Å²) in [4.78, 5) is 37.2. The van der Waals surface area contributed by atoms with Gasteiger partial charge in [-0.15, -0.1) is 0 Å². The number of rotatable bonds is 7. The molecule has 1 spiro atoms. The van der Waals surface area contributed by atoms with Crippen LogP contribution in [0.2, 0.25) is 0 Å². The molecule has 3 aromatic carbocycles. The minimum absolute atomic E-state index is 0.0213. The molecule has 4 aromatic rings. The molecule has 0 saturated carbocycles. The Bertz CT molecular complexity index is 1510. The quantitative estimate of drug-likeness (QED) is 0.309. The van der Waals surface area contributed by atoms with E-state index < -0.39 is 17.4 Å². The van der Waals surface area contributed by atoms with Gasteiger partial charge in [0.1, 0.15) is 17.1 Å². The van der Waals surface area contributed by atoms with Crippen LogP contribution in [0, 0.1) is 5.82 Å². The lowest BCUT2D eigenvalue weighted by molar-refractivity contribution is -0.127. The molecular formula is C31H30FN5O3. The number of anilines is 1. The summed E-state index contributed by atoms with van der Waals surface area (Å²) in [7, 11) is 1.54. The lowest BCUT2D eigenvalue weighted by atomic mass is 9.85. The summed E-state index contributed by atoms with van der Waals surface area (Å²) in [5.41, 5.74) is 1.98. The van der Waals surface area contributed by atoms with E-state index in [-0.39, 0.29) is 12.5 Å². The minimum atomic E-state index is -1.05. The minimum Gasteiger partial charge on any atom is -0.497 e. The number of likely N-dealkylation sites (tertiary alicyclic amines) is 1. The van der Waals surface area contributed by atoms with Crippen molar-refractivity contribution in [1.82, 2.24) is 19.4 Å². The zero-order valence-electron chi connectivity index (χ0n) is 22.2. The van der Waals surface area contributed by atoms with E-state index >= 15 is 0 Å². The molecule has 3 heterocycles. The highest BCUT2D eigenvalue weighted by Crippen LogP contribution is 2.41. The Hall–Kier alpha value is -4.50. The Labute approximate surface area is 232 Å². The molecule has 8 nitrogen and oxygen atoms in total. The van der Waals surface area contributed by atoms with Gasteiger partial charge >= 0.3 is 6.03 Å². The summed E-state index contributed by atoms with van der Waals surface area (Å²) in [6.07, 6.45) is 6.33. The summed E-state index contributed by atoms with van der Waals surface area (Å²) in [5, 5.41) is 0. The number of methoxy groups -OCH3 is 1. The summed E-state index contributed by atoms with van der Waals surface area (Å²) < 4.78 is 22.0. The number of piperidine rings is 1. The van der Waals surface area contributed by atoms with Crippen LogP contribution in [-0.4, -0.2) is 57.0 Å². The third-order valence-corrected chi connectivity index (χ3v) is 7.97. The topological polar surface area (TPSA) is 70.9 Å². The largest absolute Gasteiger partial charge is 0.497 e. The van der Waals surface area contributed by atoms with Gasteiger partial charge in [-0.3, -0.25) is 9.69 Å². The number of amides is 3. The first-order valence-electron chi connectivity index (χ1n) is 13.3. The van der Waals surface area contributed by atoms with Crippen molar-refractivity contribution in [2.75, 3.05) is 25.1 Å². The standard InChI is InChI=1S/C31H30FN5O3/c1-40-27-7-4-6-26(19-27)37-29(38)31(36(30(37)39)21-24-5-2-3-8-28(24)32)13-16-34(17-14-31)20-23-9-11-25(12-10-23)35-18-15-33-22-35/h2-12,15,18-19,22H,13-14,16-17,20-21H2,1H3. The number of imidazole rings is 1. The Morgan fingerprint density at radius 1 is 0.925 bits per heavy atom. The fraction of sp³-hybridized carbons (Fsp3) is 0.258. The summed E-state index contributed by atoms with van der Waals surface area (Å²) in [6, 6.07) is 21.2. The molecule has 6 rings (SSSR count). The highest BCUT2D eigenvalue weighted by Gasteiger charge is 2.58. The van der Waals surface area contributed by atoms with E-state index in [4.69, 9.17) is 4.74 Å². The zero-order valence-corrected chi connectivity index (χ0v) is 22.2. The number of aromatic nitrogens is 2. The van der Waals surface area contributed by atoms with Crippen LogP contribution in [0.5, 0.6) is 5.75 Å². The molecule has 204 valence electrons. The second-order valence-corrected chi connectivity index (χ2v) is 10.2. The highest BCUT2D eigenvalue weighted by atomic mass is 19.1. The van der Waals surface area contributed by atoms with Crippen LogP contribution in [-0.2, 0) is 17.9 Å². The van der Waals surface area contributed by atoms with Gasteiger partial charge in [0.05, 0.1) is 25.7 Å². The van der Waals surface area contributed by atoms with Gasteiger partial charge < -0.3 is 14.2 Å². The Morgan fingerprint density at radius 2 is 1.70 bits per heavy atom. The molecule has 9 heteroatoms. The van der Waals surface area contributed by atoms with Crippen molar-refractivity contribution in [3.05, 3.63) is 108 Å². The van der Waals surface area contributed by atoms with E-state index in [2.05, 4.69) is 34.1 Å². The van der Waals surface area contributed by atoms with Crippen LogP contribution in [0.1, 0.15) is 24.0 Å². The number of hydrogen-bond donors (Lipinski definition) is 0. The lowest BCUT2D eigenvalue weighted by Crippen LogP contribution is -2.56. The fourth-order valence-corrected chi connectivity index (χ4v) is 5.72. The van der Waals surface area contributed by atoms with Gasteiger partial charge in [-0.2, -0.15) is 0 Å². The number of carbonyl (C=O) groups excluding carboxylic acids is 2. The smallest absolute Gasteiger partial charge is 0.332 e. The second kappa shape index (κ2) is 10.6. The van der Waals surface area contributed by atoms with Crippen molar-refractivity contribution in [3.8, 4) is 11.4 Å². The normalized spacial score (nSPS) is 17.1. The van der Waals surface area contributed by atoms with Crippen molar-refractivity contribution in [2.45, 2.75) is 31.5 Å². The first-order chi connectivity index (χ1) is 19.5. The van der Waals surface area contributed by atoms with E-state index in [0.29, 0.717) is 42.9 Å². The first-order valence-corrected chi connectivity index (χ1v) is 13.3. The molecule has 1 aromatic heterocycles. The van der Waals surface area contributed by atoms with E-state index in [1.807, 2.05) is 10.8 Å². The van der Waals surface area contributed by atoms with Crippen LogP contribution in [0.4, 0.5) is 14.9 Å². The Morgan fingerprint density at radius 3 is 2.40 bits per heavy atom. The van der Waals surface area contributed by atoms with Gasteiger partial charge in [-0.25, -0.2) is 19.1 Å². The molecule has 3 amide bonds. The number of nitrogens with zero attached hydrogens (tertiary/aromatic N) is 5. The van der Waals surface area contributed by atoms with Crippen molar-refractivity contribution in [3.63, 3.8) is 0 Å². The lowest BCUT2D eigenvalue weighted by Gasteiger charge is -2.42. The average molecular weight is 540 g/mol.